The summed E-state index contributed by atoms with van der Waals surface area (Å²) in [5, 5.41) is 2.52. The number of methoxy groups -OCH3 is 1. The van der Waals surface area contributed by atoms with Gasteiger partial charge < -0.3 is 34.4 Å². The lowest BCUT2D eigenvalue weighted by molar-refractivity contribution is -0.143. The topological polar surface area (TPSA) is 179 Å². The van der Waals surface area contributed by atoms with Crippen LogP contribution in [0.25, 0.3) is 11.2 Å². The second kappa shape index (κ2) is 11.6. The molecular formula is C24H31N6O8P. The van der Waals surface area contributed by atoms with E-state index in [0.717, 1.165) is 0 Å². The highest BCUT2D eigenvalue weighted by molar-refractivity contribution is 7.54. The molecule has 0 bridgehead atoms. The molecule has 15 heteroatoms. The van der Waals surface area contributed by atoms with Crippen LogP contribution in [0.3, 0.4) is 0 Å². The molecule has 0 saturated carbocycles. The fourth-order valence-corrected chi connectivity index (χ4v) is 5.17. The second-order valence-corrected chi connectivity index (χ2v) is 11.7. The molecular weight excluding hydrogens is 531 g/mol. The van der Waals surface area contributed by atoms with E-state index in [-0.39, 0.29) is 25.2 Å². The number of anilines is 1. The maximum Gasteiger partial charge on any atom is 0.408 e. The molecule has 0 spiro atoms. The van der Waals surface area contributed by atoms with Crippen molar-refractivity contribution in [1.29, 1.82) is 0 Å². The number of benzene rings is 1. The number of carbonyl (C=O) groups excluding carboxylic acids is 2. The molecule has 3 N–H and O–H groups in total. The molecule has 14 nitrogen and oxygen atoms in total. The van der Waals surface area contributed by atoms with E-state index in [1.807, 2.05) is 0 Å². The molecule has 3 heterocycles. The van der Waals surface area contributed by atoms with Gasteiger partial charge in [0.25, 0.3) is 0 Å². The minimum Gasteiger partial charge on any atom is -0.467 e. The molecule has 0 aliphatic carbocycles. The largest absolute Gasteiger partial charge is 0.467 e. The number of aromatic nitrogens is 4. The fourth-order valence-electron chi connectivity index (χ4n) is 3.76. The lowest BCUT2D eigenvalue weighted by Gasteiger charge is -2.29. The minimum absolute atomic E-state index is 0.0345. The van der Waals surface area contributed by atoms with Crippen LogP contribution < -0.4 is 15.6 Å². The summed E-state index contributed by atoms with van der Waals surface area (Å²) in [4.78, 5) is 36.7. The van der Waals surface area contributed by atoms with Gasteiger partial charge in [0.15, 0.2) is 17.8 Å². The predicted octanol–water partition coefficient (Wildman–Crippen LogP) is 2.66. The first kappa shape index (κ1) is 28.3. The van der Waals surface area contributed by atoms with Gasteiger partial charge in [-0.1, -0.05) is 12.1 Å². The Morgan fingerprint density at radius 2 is 1.97 bits per heavy atom. The Balaban J connectivity index is 1.31. The van der Waals surface area contributed by atoms with Gasteiger partial charge in [0.05, 0.1) is 26.6 Å². The molecule has 4 rings (SSSR count). The van der Waals surface area contributed by atoms with Crippen LogP contribution in [0.4, 0.5) is 10.6 Å². The van der Waals surface area contributed by atoms with Crippen molar-refractivity contribution >= 4 is 36.6 Å². The Bertz CT molecular complexity index is 1360. The number of ether oxygens (including phenoxy) is 3. The van der Waals surface area contributed by atoms with E-state index < -0.39 is 37.4 Å². The lowest BCUT2D eigenvalue weighted by Crippen LogP contribution is -2.45. The van der Waals surface area contributed by atoms with Gasteiger partial charge in [-0.25, -0.2) is 29.1 Å². The van der Waals surface area contributed by atoms with Gasteiger partial charge in [-0.05, 0) is 38.5 Å². The number of nitrogens with one attached hydrogen (secondary N) is 1. The molecule has 1 amide bonds. The molecule has 2 aromatic heterocycles. The van der Waals surface area contributed by atoms with Crippen LogP contribution in [0.2, 0.25) is 0 Å². The van der Waals surface area contributed by atoms with Gasteiger partial charge in [0.2, 0.25) is 0 Å². The summed E-state index contributed by atoms with van der Waals surface area (Å²) in [6.07, 6.45) is 1.70. The zero-order valence-electron chi connectivity index (χ0n) is 22.0. The van der Waals surface area contributed by atoms with Gasteiger partial charge in [-0.3, -0.25) is 4.52 Å². The summed E-state index contributed by atoms with van der Waals surface area (Å²) in [5.74, 6) is -0.0391. The Labute approximate surface area is 224 Å². The molecule has 39 heavy (non-hydrogen) atoms. The standard InChI is InChI=1S/C24H31N6O8P/c1-24(2,3)37-23(32)29-18(22(31)34-4)9-15-5-7-16(8-6-15)38-39(33)14-35-17(11-36-39)10-30-13-28-19-20(25)26-12-27-21(19)30/h5-8,12-13,17-18H,9-11,14H2,1-4H3,(H,29,32)(H2,25,26,27)/t17-,18-,39?/m0/s1. The van der Waals surface area contributed by atoms with Crippen LogP contribution >= 0.6 is 7.60 Å². The third-order valence-corrected chi connectivity index (χ3v) is 7.04. The molecule has 1 saturated heterocycles. The Hall–Kier alpha value is -3.74. The first-order chi connectivity index (χ1) is 18.4. The average molecular weight is 563 g/mol. The van der Waals surface area contributed by atoms with Gasteiger partial charge >= 0.3 is 19.7 Å². The monoisotopic (exact) mass is 562 g/mol. The highest BCUT2D eigenvalue weighted by atomic mass is 31.2. The molecule has 1 aromatic carbocycles. The van der Waals surface area contributed by atoms with E-state index in [1.54, 1.807) is 55.9 Å². The van der Waals surface area contributed by atoms with Crippen LogP contribution in [0.15, 0.2) is 36.9 Å². The zero-order valence-corrected chi connectivity index (χ0v) is 22.9. The number of nitrogen functional groups attached to an aromatic ring is 1. The third kappa shape index (κ3) is 7.43. The number of fused-ring (bicyclic) bond motifs is 1. The van der Waals surface area contributed by atoms with Crippen molar-refractivity contribution in [2.75, 3.05) is 25.8 Å². The van der Waals surface area contributed by atoms with E-state index in [1.165, 1.54) is 13.4 Å². The molecule has 3 atom stereocenters. The van der Waals surface area contributed by atoms with Crippen LogP contribution in [-0.2, 0) is 41.1 Å². The van der Waals surface area contributed by atoms with Crippen molar-refractivity contribution in [1.82, 2.24) is 24.8 Å². The van der Waals surface area contributed by atoms with Crippen molar-refractivity contribution in [3.63, 3.8) is 0 Å². The SMILES string of the molecule is COC(=O)[C@H](Cc1ccc(OP2(=O)CO[C@@H](Cn3cnc4c(N)ncnc43)CO2)cc1)NC(=O)OC(C)(C)C. The molecule has 0 radical (unpaired) electrons. The number of rotatable bonds is 8. The Morgan fingerprint density at radius 3 is 2.62 bits per heavy atom. The normalized spacial score (nSPS) is 20.3. The summed E-state index contributed by atoms with van der Waals surface area (Å²) in [7, 11) is -2.33. The summed E-state index contributed by atoms with van der Waals surface area (Å²) in [5.41, 5.74) is 6.86. The van der Waals surface area contributed by atoms with Crippen LogP contribution in [0.5, 0.6) is 5.75 Å². The summed E-state index contributed by atoms with van der Waals surface area (Å²) in [6.45, 7) is 5.56. The Kier molecular flexibility index (Phi) is 8.38. The lowest BCUT2D eigenvalue weighted by atomic mass is 10.1. The molecule has 1 fully saturated rings. The quantitative estimate of drug-likeness (QED) is 0.303. The average Bonchev–Trinajstić information content (AvgIpc) is 3.28. The van der Waals surface area contributed by atoms with Crippen molar-refractivity contribution in [3.05, 3.63) is 42.5 Å². The molecule has 1 aliphatic rings. The number of alkyl carbamates (subject to hydrolysis) is 1. The third-order valence-electron chi connectivity index (χ3n) is 5.54. The Morgan fingerprint density at radius 1 is 1.23 bits per heavy atom. The predicted molar refractivity (Wildman–Crippen MR) is 139 cm³/mol. The van der Waals surface area contributed by atoms with Gasteiger partial charge in [0, 0.05) is 6.42 Å². The van der Waals surface area contributed by atoms with Gasteiger partial charge in [0.1, 0.15) is 35.3 Å². The maximum atomic E-state index is 13.1. The fraction of sp³-hybridized carbons (Fsp3) is 0.458. The van der Waals surface area contributed by atoms with Crippen molar-refractivity contribution in [2.45, 2.75) is 51.5 Å². The zero-order chi connectivity index (χ0) is 28.2. The summed E-state index contributed by atoms with van der Waals surface area (Å²) < 4.78 is 41.9. The number of hydrogen-bond donors (Lipinski definition) is 2. The number of nitrogens with zero attached hydrogens (tertiary/aromatic N) is 4. The van der Waals surface area contributed by atoms with Gasteiger partial charge in [-0.2, -0.15) is 0 Å². The molecule has 210 valence electrons. The van der Waals surface area contributed by atoms with Crippen molar-refractivity contribution in [3.8, 4) is 5.75 Å². The number of amides is 1. The maximum absolute atomic E-state index is 13.1. The number of carbonyl (C=O) groups is 2. The van der Waals surface area contributed by atoms with E-state index in [9.17, 15) is 14.2 Å². The summed E-state index contributed by atoms with van der Waals surface area (Å²) >= 11 is 0. The van der Waals surface area contributed by atoms with E-state index in [4.69, 9.17) is 29.0 Å². The summed E-state index contributed by atoms with van der Waals surface area (Å²) in [6, 6.07) is 5.58. The second-order valence-electron chi connectivity index (χ2n) is 9.81. The van der Waals surface area contributed by atoms with Gasteiger partial charge in [-0.15, -0.1) is 0 Å². The number of imidazole rings is 1. The minimum atomic E-state index is -3.56. The highest BCUT2D eigenvalue weighted by Crippen LogP contribution is 2.51. The van der Waals surface area contributed by atoms with E-state index >= 15 is 0 Å². The van der Waals surface area contributed by atoms with Crippen molar-refractivity contribution in [2.24, 2.45) is 0 Å². The van der Waals surface area contributed by atoms with Crippen LogP contribution in [-0.4, -0.2) is 69.4 Å². The number of nitrogens with two attached hydrogens (primary N) is 1. The smallest absolute Gasteiger partial charge is 0.408 e. The first-order valence-corrected chi connectivity index (χ1v) is 13.8. The number of esters is 1. The van der Waals surface area contributed by atoms with E-state index in [0.29, 0.717) is 29.0 Å². The van der Waals surface area contributed by atoms with Crippen LogP contribution in [0, 0.1) is 0 Å². The number of hydrogen-bond acceptors (Lipinski definition) is 12. The highest BCUT2D eigenvalue weighted by Gasteiger charge is 2.35. The molecule has 1 unspecified atom stereocenters. The van der Waals surface area contributed by atoms with Crippen molar-refractivity contribution < 1.29 is 37.4 Å². The molecule has 3 aromatic rings. The molecule has 1 aliphatic heterocycles. The van der Waals surface area contributed by atoms with Crippen LogP contribution in [0.1, 0.15) is 26.3 Å². The van der Waals surface area contributed by atoms with E-state index in [2.05, 4.69) is 20.3 Å². The first-order valence-electron chi connectivity index (χ1n) is 12.1.